The van der Waals surface area contributed by atoms with Gasteiger partial charge in [-0.3, -0.25) is 0 Å². The van der Waals surface area contributed by atoms with Gasteiger partial charge in [-0.1, -0.05) is 19.0 Å². The van der Waals surface area contributed by atoms with Gasteiger partial charge in [0.15, 0.2) is 5.82 Å². The third kappa shape index (κ3) is 5.50. The van der Waals surface area contributed by atoms with E-state index in [-0.39, 0.29) is 12.5 Å². The largest absolute Gasteiger partial charge is 0.375 e. The Morgan fingerprint density at radius 1 is 1.44 bits per heavy atom. The molecule has 0 amide bonds. The molecule has 1 atom stereocenters. The quantitative estimate of drug-likeness (QED) is 0.686. The Kier molecular flexibility index (Phi) is 6.74. The van der Waals surface area contributed by atoms with Gasteiger partial charge < -0.3 is 14.6 Å². The zero-order valence-corrected chi connectivity index (χ0v) is 10.7. The molecule has 1 N–H and O–H groups in total. The van der Waals surface area contributed by atoms with Crippen molar-refractivity contribution in [3.63, 3.8) is 0 Å². The third-order valence-corrected chi connectivity index (χ3v) is 2.32. The number of likely N-dealkylation sites (N-methyl/N-ethyl adjacent to an activating group) is 1. The predicted molar refractivity (Wildman–Crippen MR) is 61.8 cm³/mol. The maximum absolute atomic E-state index is 11.8. The Balaban J connectivity index is 2.29. The van der Waals surface area contributed by atoms with Crippen molar-refractivity contribution in [1.29, 1.82) is 0 Å². The molecule has 0 aliphatic carbocycles. The third-order valence-electron chi connectivity index (χ3n) is 2.32. The van der Waals surface area contributed by atoms with Crippen molar-refractivity contribution in [1.82, 2.24) is 15.5 Å². The molecule has 1 aromatic rings. The molecule has 7 heteroatoms. The number of rotatable bonds is 9. The van der Waals surface area contributed by atoms with Crippen LogP contribution in [0.1, 0.15) is 31.5 Å². The van der Waals surface area contributed by atoms with Crippen LogP contribution in [0.2, 0.25) is 0 Å². The Morgan fingerprint density at radius 2 is 2.22 bits per heavy atom. The van der Waals surface area contributed by atoms with Crippen LogP contribution in [0.3, 0.4) is 0 Å². The number of alkyl halides is 2. The molecule has 0 saturated carbocycles. The van der Waals surface area contributed by atoms with Crippen molar-refractivity contribution < 1.29 is 18.0 Å². The van der Waals surface area contributed by atoms with Gasteiger partial charge >= 0.3 is 0 Å². The Morgan fingerprint density at radius 3 is 2.89 bits per heavy atom. The molecular weight excluding hydrogens is 244 g/mol. The average Bonchev–Trinajstić information content (AvgIpc) is 2.80. The fourth-order valence-corrected chi connectivity index (χ4v) is 1.35. The van der Waals surface area contributed by atoms with Crippen molar-refractivity contribution in [2.24, 2.45) is 0 Å². The van der Waals surface area contributed by atoms with E-state index in [9.17, 15) is 8.78 Å². The summed E-state index contributed by atoms with van der Waals surface area (Å²) in [6, 6.07) is 0. The van der Waals surface area contributed by atoms with E-state index in [1.165, 1.54) is 0 Å². The van der Waals surface area contributed by atoms with Crippen molar-refractivity contribution in [3.8, 4) is 0 Å². The summed E-state index contributed by atoms with van der Waals surface area (Å²) in [4.78, 5) is 4.19. The van der Waals surface area contributed by atoms with Gasteiger partial charge in [0.05, 0.1) is 6.61 Å². The maximum Gasteiger partial charge on any atom is 0.261 e. The van der Waals surface area contributed by atoms with Crippen LogP contribution in [0, 0.1) is 0 Å². The van der Waals surface area contributed by atoms with Crippen LogP contribution in [0.15, 0.2) is 4.52 Å². The molecule has 0 radical (unpaired) electrons. The number of nitrogens with one attached hydrogen (secondary N) is 1. The van der Waals surface area contributed by atoms with Crippen LogP contribution >= 0.6 is 0 Å². The number of nitrogens with zero attached hydrogens (tertiary/aromatic N) is 2. The predicted octanol–water partition coefficient (Wildman–Crippen LogP) is 1.61. The first-order chi connectivity index (χ1) is 8.63. The minimum Gasteiger partial charge on any atom is -0.375 e. The summed E-state index contributed by atoms with van der Waals surface area (Å²) >= 11 is 0. The van der Waals surface area contributed by atoms with Gasteiger partial charge in [0.1, 0.15) is 6.61 Å². The number of hydrogen-bond donors (Lipinski definition) is 1. The normalized spacial score (nSPS) is 13.2. The van der Waals surface area contributed by atoms with E-state index >= 15 is 0 Å². The fourth-order valence-electron chi connectivity index (χ4n) is 1.35. The van der Waals surface area contributed by atoms with Gasteiger partial charge in [0, 0.05) is 18.9 Å². The lowest BCUT2D eigenvalue weighted by Crippen LogP contribution is -2.19. The molecule has 0 fully saturated rings. The summed E-state index contributed by atoms with van der Waals surface area (Å²) in [5.41, 5.74) is 0. The van der Waals surface area contributed by atoms with Crippen LogP contribution in [0.4, 0.5) is 8.78 Å². The first kappa shape index (κ1) is 15.0. The molecular formula is C11H19F2N3O2. The molecule has 1 aromatic heterocycles. The zero-order chi connectivity index (χ0) is 13.4. The second-order valence-electron chi connectivity index (χ2n) is 3.97. The lowest BCUT2D eigenvalue weighted by atomic mass is 10.2. The standard InChI is InChI=1S/C11H19F2N3O2/c1-3-14-6-8(2)11-15-10(16-18-11)4-5-17-7-9(12)13/h8-9,14H,3-7H2,1-2H3. The van der Waals surface area contributed by atoms with Crippen LogP contribution < -0.4 is 5.32 Å². The zero-order valence-electron chi connectivity index (χ0n) is 10.7. The molecule has 0 aromatic carbocycles. The van der Waals surface area contributed by atoms with E-state index in [0.717, 1.165) is 13.1 Å². The minimum atomic E-state index is -2.44. The van der Waals surface area contributed by atoms with Crippen molar-refractivity contribution in [2.75, 3.05) is 26.3 Å². The van der Waals surface area contributed by atoms with E-state index in [1.54, 1.807) is 0 Å². The SMILES string of the molecule is CCNCC(C)c1nc(CCOCC(F)F)no1. The Hall–Kier alpha value is -1.08. The van der Waals surface area contributed by atoms with E-state index in [0.29, 0.717) is 18.1 Å². The van der Waals surface area contributed by atoms with E-state index in [1.807, 2.05) is 13.8 Å². The molecule has 0 bridgehead atoms. The van der Waals surface area contributed by atoms with Gasteiger partial charge in [-0.2, -0.15) is 4.98 Å². The highest BCUT2D eigenvalue weighted by Crippen LogP contribution is 2.11. The molecule has 1 unspecified atom stereocenters. The van der Waals surface area contributed by atoms with E-state index < -0.39 is 13.0 Å². The van der Waals surface area contributed by atoms with Crippen molar-refractivity contribution in [2.45, 2.75) is 32.6 Å². The van der Waals surface area contributed by atoms with E-state index in [4.69, 9.17) is 9.26 Å². The van der Waals surface area contributed by atoms with Crippen molar-refractivity contribution >= 4 is 0 Å². The molecule has 0 spiro atoms. The topological polar surface area (TPSA) is 60.2 Å². The second-order valence-corrected chi connectivity index (χ2v) is 3.97. The number of hydrogen-bond acceptors (Lipinski definition) is 5. The molecule has 0 aliphatic rings. The summed E-state index contributed by atoms with van der Waals surface area (Å²) in [5, 5.41) is 6.97. The van der Waals surface area contributed by atoms with Crippen LogP contribution in [-0.2, 0) is 11.2 Å². The summed E-state index contributed by atoms with van der Waals surface area (Å²) in [6.07, 6.45) is -2.06. The number of halogens is 2. The monoisotopic (exact) mass is 263 g/mol. The lowest BCUT2D eigenvalue weighted by Gasteiger charge is -2.05. The Bertz CT molecular complexity index is 334. The number of ether oxygens (including phenoxy) is 1. The maximum atomic E-state index is 11.8. The van der Waals surface area contributed by atoms with Gasteiger partial charge in [-0.05, 0) is 6.54 Å². The van der Waals surface area contributed by atoms with Crippen LogP contribution in [-0.4, -0.2) is 42.9 Å². The minimum absolute atomic E-state index is 0.133. The van der Waals surface area contributed by atoms with Gasteiger partial charge in [-0.25, -0.2) is 8.78 Å². The Labute approximate surface area is 105 Å². The molecule has 0 aliphatic heterocycles. The molecule has 18 heavy (non-hydrogen) atoms. The molecule has 1 rings (SSSR count). The summed E-state index contributed by atoms with van der Waals surface area (Å²) in [6.45, 7) is 5.26. The fraction of sp³-hybridized carbons (Fsp3) is 0.818. The van der Waals surface area contributed by atoms with E-state index in [2.05, 4.69) is 15.5 Å². The average molecular weight is 263 g/mol. The molecule has 0 saturated heterocycles. The van der Waals surface area contributed by atoms with Crippen LogP contribution in [0.5, 0.6) is 0 Å². The highest BCUT2D eigenvalue weighted by Gasteiger charge is 2.13. The summed E-state index contributed by atoms with van der Waals surface area (Å²) in [5.74, 6) is 1.18. The summed E-state index contributed by atoms with van der Waals surface area (Å²) in [7, 11) is 0. The van der Waals surface area contributed by atoms with Gasteiger partial charge in [0.2, 0.25) is 5.89 Å². The van der Waals surface area contributed by atoms with Crippen molar-refractivity contribution in [3.05, 3.63) is 11.7 Å². The molecule has 5 nitrogen and oxygen atoms in total. The van der Waals surface area contributed by atoms with Crippen LogP contribution in [0.25, 0.3) is 0 Å². The first-order valence-electron chi connectivity index (χ1n) is 6.02. The number of aromatic nitrogens is 2. The molecule has 1 heterocycles. The second kappa shape index (κ2) is 8.10. The highest BCUT2D eigenvalue weighted by atomic mass is 19.3. The highest BCUT2D eigenvalue weighted by molar-refractivity contribution is 4.93. The lowest BCUT2D eigenvalue weighted by molar-refractivity contribution is 0.0182. The summed E-state index contributed by atoms with van der Waals surface area (Å²) < 4.78 is 33.5. The molecule has 104 valence electrons. The first-order valence-corrected chi connectivity index (χ1v) is 6.02. The van der Waals surface area contributed by atoms with Gasteiger partial charge in [-0.15, -0.1) is 0 Å². The smallest absolute Gasteiger partial charge is 0.261 e. The van der Waals surface area contributed by atoms with Gasteiger partial charge in [0.25, 0.3) is 6.43 Å².